The number of nitrogens with zero attached hydrogens (tertiary/aromatic N) is 2. The molecule has 88 valence electrons. The Balaban J connectivity index is 0.000000606. The largest absolute Gasteiger partial charge is 0.326 e. The standard InChI is InChI=1S/C11H14N2O.C2H6/c1-9-3-5-10(6-4-9)13-8-7-12(2)11(13)14;1-2/h3-6H,7-8H2,1-2H3;1-2H3. The molecule has 1 aromatic carbocycles. The third-order valence-corrected chi connectivity index (χ3v) is 2.56. The normalized spacial score (nSPS) is 14.9. The topological polar surface area (TPSA) is 23.6 Å². The monoisotopic (exact) mass is 220 g/mol. The van der Waals surface area contributed by atoms with Gasteiger partial charge < -0.3 is 4.90 Å². The first-order chi connectivity index (χ1) is 7.68. The summed E-state index contributed by atoms with van der Waals surface area (Å²) >= 11 is 0. The number of carbonyl (C=O) groups is 1. The van der Waals surface area contributed by atoms with E-state index in [1.165, 1.54) is 5.56 Å². The molecule has 0 radical (unpaired) electrons. The zero-order valence-electron chi connectivity index (χ0n) is 10.5. The maximum atomic E-state index is 11.6. The van der Waals surface area contributed by atoms with Gasteiger partial charge in [-0.2, -0.15) is 0 Å². The molecular formula is C13H20N2O. The third-order valence-electron chi connectivity index (χ3n) is 2.56. The molecule has 0 atom stereocenters. The maximum absolute atomic E-state index is 11.6. The second kappa shape index (κ2) is 5.54. The van der Waals surface area contributed by atoms with E-state index >= 15 is 0 Å². The fourth-order valence-corrected chi connectivity index (χ4v) is 1.61. The van der Waals surface area contributed by atoms with Crippen LogP contribution in [-0.2, 0) is 0 Å². The minimum atomic E-state index is 0.0915. The van der Waals surface area contributed by atoms with E-state index in [1.54, 1.807) is 9.80 Å². The molecule has 0 aliphatic carbocycles. The summed E-state index contributed by atoms with van der Waals surface area (Å²) in [7, 11) is 1.83. The fraction of sp³-hybridized carbons (Fsp3) is 0.462. The van der Waals surface area contributed by atoms with Crippen molar-refractivity contribution in [2.75, 3.05) is 25.0 Å². The van der Waals surface area contributed by atoms with E-state index in [0.717, 1.165) is 18.8 Å². The van der Waals surface area contributed by atoms with Gasteiger partial charge in [-0.1, -0.05) is 31.5 Å². The fourth-order valence-electron chi connectivity index (χ4n) is 1.61. The lowest BCUT2D eigenvalue weighted by Crippen LogP contribution is -2.29. The van der Waals surface area contributed by atoms with Crippen LogP contribution in [0.15, 0.2) is 24.3 Å². The lowest BCUT2D eigenvalue weighted by atomic mass is 10.2. The first-order valence-electron chi connectivity index (χ1n) is 5.78. The van der Waals surface area contributed by atoms with Gasteiger partial charge in [-0.05, 0) is 19.1 Å². The molecule has 0 unspecified atom stereocenters. The van der Waals surface area contributed by atoms with Crippen molar-refractivity contribution < 1.29 is 4.79 Å². The molecule has 1 heterocycles. The molecule has 0 N–H and O–H groups in total. The second-order valence-electron chi connectivity index (χ2n) is 3.69. The SMILES string of the molecule is CC.Cc1ccc(N2CCN(C)C2=O)cc1. The van der Waals surface area contributed by atoms with Crippen LogP contribution in [0.3, 0.4) is 0 Å². The van der Waals surface area contributed by atoms with Crippen molar-refractivity contribution in [3.05, 3.63) is 29.8 Å². The highest BCUT2D eigenvalue weighted by atomic mass is 16.2. The molecule has 0 aromatic heterocycles. The summed E-state index contributed by atoms with van der Waals surface area (Å²) in [5.74, 6) is 0. The summed E-state index contributed by atoms with van der Waals surface area (Å²) in [6.07, 6.45) is 0. The lowest BCUT2D eigenvalue weighted by molar-refractivity contribution is 0.229. The van der Waals surface area contributed by atoms with E-state index in [4.69, 9.17) is 0 Å². The van der Waals surface area contributed by atoms with Crippen LogP contribution in [0.2, 0.25) is 0 Å². The Hall–Kier alpha value is -1.51. The number of rotatable bonds is 1. The highest BCUT2D eigenvalue weighted by Gasteiger charge is 2.26. The molecule has 3 nitrogen and oxygen atoms in total. The van der Waals surface area contributed by atoms with Crippen LogP contribution >= 0.6 is 0 Å². The van der Waals surface area contributed by atoms with Crippen molar-refractivity contribution in [2.45, 2.75) is 20.8 Å². The zero-order chi connectivity index (χ0) is 12.1. The second-order valence-corrected chi connectivity index (χ2v) is 3.69. The predicted molar refractivity (Wildman–Crippen MR) is 67.9 cm³/mol. The smallest absolute Gasteiger partial charge is 0.324 e. The summed E-state index contributed by atoms with van der Waals surface area (Å²) in [4.78, 5) is 15.2. The number of urea groups is 1. The Kier molecular flexibility index (Phi) is 4.35. The van der Waals surface area contributed by atoms with E-state index < -0.39 is 0 Å². The Morgan fingerprint density at radius 1 is 1.06 bits per heavy atom. The lowest BCUT2D eigenvalue weighted by Gasteiger charge is -2.15. The van der Waals surface area contributed by atoms with Crippen LogP contribution in [0.5, 0.6) is 0 Å². The first kappa shape index (κ1) is 12.6. The molecule has 1 aromatic rings. The molecule has 1 aliphatic heterocycles. The zero-order valence-corrected chi connectivity index (χ0v) is 10.5. The first-order valence-corrected chi connectivity index (χ1v) is 5.78. The number of likely N-dealkylation sites (N-methyl/N-ethyl adjacent to an activating group) is 1. The van der Waals surface area contributed by atoms with Gasteiger partial charge in [-0.25, -0.2) is 4.79 Å². The summed E-state index contributed by atoms with van der Waals surface area (Å²) < 4.78 is 0. The van der Waals surface area contributed by atoms with Gasteiger partial charge in [-0.3, -0.25) is 4.90 Å². The van der Waals surface area contributed by atoms with E-state index in [2.05, 4.69) is 0 Å². The Bertz CT molecular complexity index is 345. The summed E-state index contributed by atoms with van der Waals surface area (Å²) in [5, 5.41) is 0. The van der Waals surface area contributed by atoms with E-state index in [-0.39, 0.29) is 6.03 Å². The van der Waals surface area contributed by atoms with E-state index in [0.29, 0.717) is 0 Å². The molecule has 0 bridgehead atoms. The minimum Gasteiger partial charge on any atom is -0.326 e. The third kappa shape index (κ3) is 2.54. The van der Waals surface area contributed by atoms with E-state index in [1.807, 2.05) is 52.1 Å². The summed E-state index contributed by atoms with van der Waals surface area (Å²) in [5.41, 5.74) is 2.21. The molecule has 1 fully saturated rings. The molecule has 1 saturated heterocycles. The number of aryl methyl sites for hydroxylation is 1. The molecular weight excluding hydrogens is 200 g/mol. The molecule has 0 saturated carbocycles. The summed E-state index contributed by atoms with van der Waals surface area (Å²) in [6, 6.07) is 8.13. The van der Waals surface area contributed by atoms with Gasteiger partial charge in [0.2, 0.25) is 0 Å². The van der Waals surface area contributed by atoms with Gasteiger partial charge in [0, 0.05) is 25.8 Å². The number of amides is 2. The van der Waals surface area contributed by atoms with Crippen molar-refractivity contribution >= 4 is 11.7 Å². The van der Waals surface area contributed by atoms with Gasteiger partial charge in [0.15, 0.2) is 0 Å². The van der Waals surface area contributed by atoms with Crippen LogP contribution in [0.4, 0.5) is 10.5 Å². The molecule has 16 heavy (non-hydrogen) atoms. The number of hydrogen-bond donors (Lipinski definition) is 0. The highest BCUT2D eigenvalue weighted by molar-refractivity contribution is 5.93. The van der Waals surface area contributed by atoms with Crippen LogP contribution in [0, 0.1) is 6.92 Å². The van der Waals surface area contributed by atoms with E-state index in [9.17, 15) is 4.79 Å². The van der Waals surface area contributed by atoms with Gasteiger partial charge in [0.05, 0.1) is 0 Å². The minimum absolute atomic E-state index is 0.0915. The Morgan fingerprint density at radius 2 is 1.62 bits per heavy atom. The van der Waals surface area contributed by atoms with Crippen LogP contribution in [0.1, 0.15) is 19.4 Å². The highest BCUT2D eigenvalue weighted by Crippen LogP contribution is 2.19. The number of carbonyl (C=O) groups excluding carboxylic acids is 1. The number of anilines is 1. The maximum Gasteiger partial charge on any atom is 0.324 e. The van der Waals surface area contributed by atoms with Crippen LogP contribution in [0.25, 0.3) is 0 Å². The van der Waals surface area contributed by atoms with Crippen molar-refractivity contribution in [3.63, 3.8) is 0 Å². The Labute approximate surface area is 97.7 Å². The summed E-state index contributed by atoms with van der Waals surface area (Å²) in [6.45, 7) is 7.65. The predicted octanol–water partition coefficient (Wildman–Crippen LogP) is 2.89. The van der Waals surface area contributed by atoms with Gasteiger partial charge in [-0.15, -0.1) is 0 Å². The van der Waals surface area contributed by atoms with Crippen LogP contribution < -0.4 is 4.90 Å². The number of hydrogen-bond acceptors (Lipinski definition) is 1. The Morgan fingerprint density at radius 3 is 2.06 bits per heavy atom. The van der Waals surface area contributed by atoms with Crippen LogP contribution in [-0.4, -0.2) is 31.1 Å². The number of benzene rings is 1. The van der Waals surface area contributed by atoms with Gasteiger partial charge in [0.1, 0.15) is 0 Å². The van der Waals surface area contributed by atoms with Crippen molar-refractivity contribution in [3.8, 4) is 0 Å². The average molecular weight is 220 g/mol. The van der Waals surface area contributed by atoms with Gasteiger partial charge >= 0.3 is 6.03 Å². The average Bonchev–Trinajstić information content (AvgIpc) is 2.64. The molecule has 1 aliphatic rings. The molecule has 3 heteroatoms. The van der Waals surface area contributed by atoms with Crippen molar-refractivity contribution in [1.82, 2.24) is 4.90 Å². The van der Waals surface area contributed by atoms with Crippen molar-refractivity contribution in [1.29, 1.82) is 0 Å². The molecule has 2 amide bonds. The van der Waals surface area contributed by atoms with Crippen molar-refractivity contribution in [2.24, 2.45) is 0 Å². The molecule has 2 rings (SSSR count). The molecule has 0 spiro atoms. The quantitative estimate of drug-likeness (QED) is 0.714. The van der Waals surface area contributed by atoms with Gasteiger partial charge in [0.25, 0.3) is 0 Å².